The Kier molecular flexibility index (Phi) is 5.62. The molecule has 0 saturated carbocycles. The van der Waals surface area contributed by atoms with Crippen molar-refractivity contribution >= 4 is 17.5 Å². The largest absolute Gasteiger partial charge is 0.335 e. The summed E-state index contributed by atoms with van der Waals surface area (Å²) < 4.78 is 0. The van der Waals surface area contributed by atoms with Gasteiger partial charge in [0.15, 0.2) is 0 Å². The molecule has 1 atom stereocenters. The van der Waals surface area contributed by atoms with Gasteiger partial charge in [0.05, 0.1) is 6.04 Å². The summed E-state index contributed by atoms with van der Waals surface area (Å²) in [6, 6.07) is 16.9. The maximum absolute atomic E-state index is 12.8. The number of benzene rings is 2. The molecule has 0 saturated heterocycles. The lowest BCUT2D eigenvalue weighted by Gasteiger charge is -2.25. The zero-order valence-electron chi connectivity index (χ0n) is 15.5. The zero-order chi connectivity index (χ0) is 18.6. The Labute approximate surface area is 149 Å². The normalized spacial score (nSPS) is 12.4. The first-order valence-electron chi connectivity index (χ1n) is 8.44. The molecule has 2 amide bonds. The van der Waals surface area contributed by atoms with E-state index in [4.69, 9.17) is 0 Å². The predicted octanol–water partition coefficient (Wildman–Crippen LogP) is 4.50. The van der Waals surface area contributed by atoms with E-state index < -0.39 is 5.41 Å². The smallest absolute Gasteiger partial charge is 0.254 e. The first kappa shape index (κ1) is 18.7. The van der Waals surface area contributed by atoms with Crippen LogP contribution in [0.2, 0.25) is 0 Å². The summed E-state index contributed by atoms with van der Waals surface area (Å²) in [6.07, 6.45) is 0. The summed E-state index contributed by atoms with van der Waals surface area (Å²) in [7, 11) is 1.79. The number of hydrogen-bond acceptors (Lipinski definition) is 2. The quantitative estimate of drug-likeness (QED) is 0.892. The van der Waals surface area contributed by atoms with Gasteiger partial charge in [0.1, 0.15) is 0 Å². The van der Waals surface area contributed by atoms with Gasteiger partial charge in [-0.1, -0.05) is 57.2 Å². The minimum Gasteiger partial charge on any atom is -0.335 e. The maximum Gasteiger partial charge on any atom is 0.254 e. The van der Waals surface area contributed by atoms with Crippen LogP contribution >= 0.6 is 0 Å². The van der Waals surface area contributed by atoms with Gasteiger partial charge in [-0.05, 0) is 30.7 Å². The first-order valence-corrected chi connectivity index (χ1v) is 8.44. The Balaban J connectivity index is 2.17. The number of anilines is 1. The molecule has 0 radical (unpaired) electrons. The molecular weight excluding hydrogens is 312 g/mol. The molecule has 0 spiro atoms. The molecule has 0 bridgehead atoms. The molecule has 2 aromatic rings. The van der Waals surface area contributed by atoms with Crippen molar-refractivity contribution in [3.63, 3.8) is 0 Å². The molecule has 2 aromatic carbocycles. The van der Waals surface area contributed by atoms with Crippen LogP contribution in [0.15, 0.2) is 54.6 Å². The molecule has 4 heteroatoms. The van der Waals surface area contributed by atoms with Crippen molar-refractivity contribution in [1.82, 2.24) is 4.90 Å². The van der Waals surface area contributed by atoms with Crippen molar-refractivity contribution in [2.45, 2.75) is 33.7 Å². The molecule has 4 nitrogen and oxygen atoms in total. The molecule has 0 aromatic heterocycles. The molecule has 0 heterocycles. The van der Waals surface area contributed by atoms with Crippen molar-refractivity contribution in [2.75, 3.05) is 12.4 Å². The minimum atomic E-state index is -0.487. The lowest BCUT2D eigenvalue weighted by atomic mass is 9.95. The Morgan fingerprint density at radius 2 is 1.64 bits per heavy atom. The van der Waals surface area contributed by atoms with E-state index in [1.165, 1.54) is 0 Å². The first-order chi connectivity index (χ1) is 11.7. The van der Waals surface area contributed by atoms with Crippen LogP contribution in [0.1, 0.15) is 49.7 Å². The molecule has 0 unspecified atom stereocenters. The molecule has 2 rings (SSSR count). The highest BCUT2D eigenvalue weighted by atomic mass is 16.2. The van der Waals surface area contributed by atoms with Gasteiger partial charge in [-0.15, -0.1) is 0 Å². The number of nitrogens with zero attached hydrogens (tertiary/aromatic N) is 1. The Hall–Kier alpha value is -2.62. The van der Waals surface area contributed by atoms with E-state index in [2.05, 4.69) is 5.32 Å². The second-order valence-electron chi connectivity index (χ2n) is 7.29. The third-order valence-corrected chi connectivity index (χ3v) is 4.23. The number of amides is 2. The van der Waals surface area contributed by atoms with Crippen molar-refractivity contribution in [2.24, 2.45) is 5.41 Å². The van der Waals surface area contributed by atoms with Gasteiger partial charge in [-0.3, -0.25) is 9.59 Å². The van der Waals surface area contributed by atoms with Gasteiger partial charge in [-0.25, -0.2) is 0 Å². The molecule has 0 aliphatic heterocycles. The summed E-state index contributed by atoms with van der Waals surface area (Å²) in [5, 5.41) is 2.87. The van der Waals surface area contributed by atoms with Gasteiger partial charge >= 0.3 is 0 Å². The van der Waals surface area contributed by atoms with Gasteiger partial charge < -0.3 is 10.2 Å². The van der Waals surface area contributed by atoms with Gasteiger partial charge in [0.25, 0.3) is 5.91 Å². The Morgan fingerprint density at radius 1 is 1.00 bits per heavy atom. The molecule has 1 N–H and O–H groups in total. The molecular formula is C21H26N2O2. The summed E-state index contributed by atoms with van der Waals surface area (Å²) in [4.78, 5) is 26.7. The van der Waals surface area contributed by atoms with E-state index in [1.54, 1.807) is 36.2 Å². The Morgan fingerprint density at radius 3 is 2.24 bits per heavy atom. The van der Waals surface area contributed by atoms with Crippen LogP contribution in [-0.2, 0) is 4.79 Å². The van der Waals surface area contributed by atoms with E-state index in [0.717, 1.165) is 5.56 Å². The minimum absolute atomic E-state index is 0.0403. The zero-order valence-corrected chi connectivity index (χ0v) is 15.5. The lowest BCUT2D eigenvalue weighted by Crippen LogP contribution is -2.30. The fourth-order valence-electron chi connectivity index (χ4n) is 2.38. The molecule has 0 aliphatic carbocycles. The van der Waals surface area contributed by atoms with Crippen LogP contribution in [-0.4, -0.2) is 23.8 Å². The van der Waals surface area contributed by atoms with Crippen LogP contribution in [0.5, 0.6) is 0 Å². The molecule has 25 heavy (non-hydrogen) atoms. The highest BCUT2D eigenvalue weighted by Crippen LogP contribution is 2.22. The van der Waals surface area contributed by atoms with Crippen molar-refractivity contribution < 1.29 is 9.59 Å². The summed E-state index contributed by atoms with van der Waals surface area (Å²) in [5.74, 6) is -0.161. The monoisotopic (exact) mass is 338 g/mol. The van der Waals surface area contributed by atoms with Crippen LogP contribution in [0, 0.1) is 5.41 Å². The van der Waals surface area contributed by atoms with Crippen molar-refractivity contribution in [3.8, 4) is 0 Å². The topological polar surface area (TPSA) is 49.4 Å². The average molecular weight is 338 g/mol. The number of carbonyl (C=O) groups excluding carboxylic acids is 2. The van der Waals surface area contributed by atoms with Crippen LogP contribution in [0.3, 0.4) is 0 Å². The van der Waals surface area contributed by atoms with E-state index in [-0.39, 0.29) is 17.9 Å². The fourth-order valence-corrected chi connectivity index (χ4v) is 2.38. The summed E-state index contributed by atoms with van der Waals surface area (Å²) >= 11 is 0. The van der Waals surface area contributed by atoms with E-state index in [1.807, 2.05) is 58.0 Å². The SMILES string of the molecule is C[C@@H](c1ccccc1)N(C)C(=O)c1cccc(NC(=O)C(C)(C)C)c1. The predicted molar refractivity (Wildman–Crippen MR) is 101 cm³/mol. The third kappa shape index (κ3) is 4.69. The van der Waals surface area contributed by atoms with Crippen LogP contribution in [0.4, 0.5) is 5.69 Å². The fraction of sp³-hybridized carbons (Fsp3) is 0.333. The number of rotatable bonds is 4. The number of hydrogen-bond donors (Lipinski definition) is 1. The van der Waals surface area contributed by atoms with E-state index >= 15 is 0 Å². The van der Waals surface area contributed by atoms with E-state index in [0.29, 0.717) is 11.3 Å². The Bertz CT molecular complexity index is 748. The van der Waals surface area contributed by atoms with Gasteiger partial charge in [-0.2, -0.15) is 0 Å². The van der Waals surface area contributed by atoms with Gasteiger partial charge in [0.2, 0.25) is 5.91 Å². The average Bonchev–Trinajstić information content (AvgIpc) is 2.60. The van der Waals surface area contributed by atoms with Crippen molar-refractivity contribution in [3.05, 3.63) is 65.7 Å². The lowest BCUT2D eigenvalue weighted by molar-refractivity contribution is -0.123. The highest BCUT2D eigenvalue weighted by molar-refractivity contribution is 5.98. The van der Waals surface area contributed by atoms with Crippen LogP contribution in [0.25, 0.3) is 0 Å². The standard InChI is InChI=1S/C21H26N2O2/c1-15(16-10-7-6-8-11-16)23(5)19(24)17-12-9-13-18(14-17)22-20(25)21(2,3)4/h6-15H,1-5H3,(H,22,25)/t15-/m0/s1. The molecule has 0 aliphatic rings. The van der Waals surface area contributed by atoms with Gasteiger partial charge in [0, 0.05) is 23.7 Å². The third-order valence-electron chi connectivity index (χ3n) is 4.23. The second kappa shape index (κ2) is 7.51. The van der Waals surface area contributed by atoms with Crippen molar-refractivity contribution in [1.29, 1.82) is 0 Å². The highest BCUT2D eigenvalue weighted by Gasteiger charge is 2.22. The molecule has 0 fully saturated rings. The summed E-state index contributed by atoms with van der Waals surface area (Å²) in [5.41, 5.74) is 1.78. The van der Waals surface area contributed by atoms with Crippen LogP contribution < -0.4 is 5.32 Å². The van der Waals surface area contributed by atoms with E-state index in [9.17, 15) is 9.59 Å². The molecule has 132 valence electrons. The second-order valence-corrected chi connectivity index (χ2v) is 7.29. The number of nitrogens with one attached hydrogen (secondary N) is 1. The maximum atomic E-state index is 12.8. The summed E-state index contributed by atoms with van der Waals surface area (Å²) in [6.45, 7) is 7.56. The number of carbonyl (C=O) groups is 2.